The van der Waals surface area contributed by atoms with Crippen LogP contribution in [-0.4, -0.2) is 23.8 Å². The Hall–Kier alpha value is -3.04. The zero-order valence-electron chi connectivity index (χ0n) is 18.3. The fourth-order valence-corrected chi connectivity index (χ4v) is 5.30. The standard InChI is InChI=1S/C26H29N2O3P/c1-22(23-14-6-2-7-15-23)26(28-20-12-5-13-21-28)27-32(29,30-24-16-8-3-9-17-24)31-25-18-10-4-11-19-25/h2-4,6-11,14-19,22H,5,12-13,20-21H2,1H3. The predicted molar refractivity (Wildman–Crippen MR) is 129 cm³/mol. The van der Waals surface area contributed by atoms with Crippen LogP contribution < -0.4 is 9.05 Å². The number of hydrogen-bond acceptors (Lipinski definition) is 3. The van der Waals surface area contributed by atoms with Crippen LogP contribution in [0.1, 0.15) is 37.7 Å². The molecule has 32 heavy (non-hydrogen) atoms. The molecule has 1 atom stereocenters. The van der Waals surface area contributed by atoms with E-state index in [-0.39, 0.29) is 5.92 Å². The van der Waals surface area contributed by atoms with Crippen LogP contribution in [0, 0.1) is 0 Å². The third kappa shape index (κ3) is 5.80. The van der Waals surface area contributed by atoms with Gasteiger partial charge in [-0.15, -0.1) is 4.76 Å². The second-order valence-electron chi connectivity index (χ2n) is 7.92. The minimum Gasteiger partial charge on any atom is -0.399 e. The highest BCUT2D eigenvalue weighted by molar-refractivity contribution is 7.53. The third-order valence-corrected chi connectivity index (χ3v) is 6.85. The molecular formula is C26H29N2O3P. The Balaban J connectivity index is 1.75. The van der Waals surface area contributed by atoms with Crippen molar-refractivity contribution < 1.29 is 13.6 Å². The van der Waals surface area contributed by atoms with Gasteiger partial charge in [-0.2, -0.15) is 0 Å². The van der Waals surface area contributed by atoms with Crippen LogP contribution in [0.5, 0.6) is 11.5 Å². The average Bonchev–Trinajstić information content (AvgIpc) is 2.84. The molecule has 0 aliphatic carbocycles. The second-order valence-corrected chi connectivity index (χ2v) is 9.42. The molecule has 3 aromatic rings. The Morgan fingerprint density at radius 2 is 1.25 bits per heavy atom. The summed E-state index contributed by atoms with van der Waals surface area (Å²) in [5.41, 5.74) is 1.11. The minimum absolute atomic E-state index is 0.0543. The smallest absolute Gasteiger partial charge is 0.399 e. The Labute approximate surface area is 190 Å². The Bertz CT molecular complexity index is 1010. The molecule has 1 unspecified atom stereocenters. The van der Waals surface area contributed by atoms with Gasteiger partial charge in [-0.1, -0.05) is 73.7 Å². The molecule has 0 bridgehead atoms. The van der Waals surface area contributed by atoms with Crippen molar-refractivity contribution in [2.75, 3.05) is 13.1 Å². The van der Waals surface area contributed by atoms with Crippen LogP contribution in [0.25, 0.3) is 0 Å². The van der Waals surface area contributed by atoms with E-state index in [1.165, 1.54) is 6.42 Å². The van der Waals surface area contributed by atoms with Gasteiger partial charge in [-0.05, 0) is 49.1 Å². The highest BCUT2D eigenvalue weighted by Crippen LogP contribution is 2.51. The largest absolute Gasteiger partial charge is 0.565 e. The summed E-state index contributed by atoms with van der Waals surface area (Å²) in [6.07, 6.45) is 3.37. The lowest BCUT2D eigenvalue weighted by Gasteiger charge is -2.33. The van der Waals surface area contributed by atoms with E-state index in [0.717, 1.165) is 37.3 Å². The molecule has 1 heterocycles. The van der Waals surface area contributed by atoms with E-state index in [2.05, 4.69) is 24.0 Å². The maximum Gasteiger partial charge on any atom is 0.565 e. The summed E-state index contributed by atoms with van der Waals surface area (Å²) in [7, 11) is -3.91. The van der Waals surface area contributed by atoms with Gasteiger partial charge in [0.2, 0.25) is 0 Å². The molecular weight excluding hydrogens is 419 g/mol. The van der Waals surface area contributed by atoms with E-state index in [1.54, 1.807) is 24.3 Å². The van der Waals surface area contributed by atoms with Gasteiger partial charge in [-0.25, -0.2) is 4.57 Å². The van der Waals surface area contributed by atoms with Crippen LogP contribution in [0.2, 0.25) is 0 Å². The van der Waals surface area contributed by atoms with Crippen molar-refractivity contribution in [3.05, 3.63) is 96.6 Å². The maximum absolute atomic E-state index is 14.1. The average molecular weight is 449 g/mol. The molecule has 1 aliphatic heterocycles. The Morgan fingerprint density at radius 1 is 0.781 bits per heavy atom. The Kier molecular flexibility index (Phi) is 7.28. The fourth-order valence-electron chi connectivity index (χ4n) is 3.85. The quantitative estimate of drug-likeness (QED) is 0.223. The molecule has 0 aromatic heterocycles. The van der Waals surface area contributed by atoms with Gasteiger partial charge in [0.15, 0.2) is 0 Å². The molecule has 166 valence electrons. The molecule has 0 saturated carbocycles. The van der Waals surface area contributed by atoms with Crippen molar-refractivity contribution >= 4 is 13.6 Å². The molecule has 3 aromatic carbocycles. The van der Waals surface area contributed by atoms with Gasteiger partial charge in [-0.3, -0.25) is 0 Å². The molecule has 6 heteroatoms. The lowest BCUT2D eigenvalue weighted by atomic mass is 9.98. The number of benzene rings is 3. The first kappa shape index (κ1) is 22.2. The first-order valence-electron chi connectivity index (χ1n) is 11.1. The molecule has 1 aliphatic rings. The maximum atomic E-state index is 14.1. The lowest BCUT2D eigenvalue weighted by molar-refractivity contribution is 0.331. The van der Waals surface area contributed by atoms with Crippen LogP contribution in [-0.2, 0) is 4.57 Å². The highest BCUT2D eigenvalue weighted by Gasteiger charge is 2.33. The van der Waals surface area contributed by atoms with Crippen LogP contribution in [0.3, 0.4) is 0 Å². The summed E-state index contributed by atoms with van der Waals surface area (Å²) < 4.78 is 30.7. The van der Waals surface area contributed by atoms with Gasteiger partial charge in [0.1, 0.15) is 17.3 Å². The molecule has 1 fully saturated rings. The monoisotopic (exact) mass is 448 g/mol. The van der Waals surface area contributed by atoms with E-state index in [9.17, 15) is 4.57 Å². The number of likely N-dealkylation sites (tertiary alicyclic amines) is 1. The van der Waals surface area contributed by atoms with E-state index in [0.29, 0.717) is 11.5 Å². The molecule has 0 spiro atoms. The summed E-state index contributed by atoms with van der Waals surface area (Å²) in [5, 5.41) is 0. The number of rotatable bonds is 7. The Morgan fingerprint density at radius 3 is 1.75 bits per heavy atom. The molecule has 0 N–H and O–H groups in total. The number of hydrogen-bond donors (Lipinski definition) is 0. The third-order valence-electron chi connectivity index (χ3n) is 5.52. The lowest BCUT2D eigenvalue weighted by Crippen LogP contribution is -2.38. The second kappa shape index (κ2) is 10.5. The molecule has 0 amide bonds. The van der Waals surface area contributed by atoms with Crippen LogP contribution >= 0.6 is 7.75 Å². The molecule has 1 saturated heterocycles. The normalized spacial score (nSPS) is 15.8. The first-order chi connectivity index (χ1) is 15.6. The predicted octanol–water partition coefficient (Wildman–Crippen LogP) is 6.94. The zero-order valence-corrected chi connectivity index (χ0v) is 19.2. The summed E-state index contributed by atoms with van der Waals surface area (Å²) in [5.74, 6) is 1.61. The van der Waals surface area contributed by atoms with Gasteiger partial charge in [0, 0.05) is 19.0 Å². The van der Waals surface area contributed by atoms with E-state index in [1.807, 2.05) is 54.6 Å². The van der Waals surface area contributed by atoms with Gasteiger partial charge >= 0.3 is 7.75 Å². The first-order valence-corrected chi connectivity index (χ1v) is 12.6. The molecule has 5 nitrogen and oxygen atoms in total. The van der Waals surface area contributed by atoms with E-state index in [4.69, 9.17) is 13.8 Å². The van der Waals surface area contributed by atoms with E-state index >= 15 is 0 Å². The minimum atomic E-state index is -3.91. The highest BCUT2D eigenvalue weighted by atomic mass is 31.2. The van der Waals surface area contributed by atoms with Crippen molar-refractivity contribution in [1.29, 1.82) is 0 Å². The fraction of sp³-hybridized carbons (Fsp3) is 0.269. The van der Waals surface area contributed by atoms with Crippen molar-refractivity contribution in [3.8, 4) is 11.5 Å². The topological polar surface area (TPSA) is 51.1 Å². The molecule has 0 radical (unpaired) electrons. The number of amidine groups is 1. The summed E-state index contributed by atoms with van der Waals surface area (Å²) in [4.78, 5) is 2.23. The van der Waals surface area contributed by atoms with Crippen LogP contribution in [0.15, 0.2) is 95.8 Å². The van der Waals surface area contributed by atoms with E-state index < -0.39 is 7.75 Å². The number of piperidine rings is 1. The van der Waals surface area contributed by atoms with Crippen molar-refractivity contribution in [2.45, 2.75) is 32.1 Å². The SMILES string of the molecule is CC(C(=NP(=O)(Oc1ccccc1)Oc1ccccc1)N1CCCCC1)c1ccccc1. The number of nitrogens with zero attached hydrogens (tertiary/aromatic N) is 2. The van der Waals surface area contributed by atoms with Crippen molar-refractivity contribution in [1.82, 2.24) is 4.90 Å². The van der Waals surface area contributed by atoms with Crippen LogP contribution in [0.4, 0.5) is 0 Å². The van der Waals surface area contributed by atoms with Gasteiger partial charge in [0.25, 0.3) is 0 Å². The molecule has 4 rings (SSSR count). The number of para-hydroxylation sites is 2. The summed E-state index contributed by atoms with van der Waals surface area (Å²) in [6.45, 7) is 3.86. The van der Waals surface area contributed by atoms with Crippen molar-refractivity contribution in [3.63, 3.8) is 0 Å². The van der Waals surface area contributed by atoms with Gasteiger partial charge < -0.3 is 13.9 Å². The van der Waals surface area contributed by atoms with Crippen molar-refractivity contribution in [2.24, 2.45) is 4.76 Å². The summed E-state index contributed by atoms with van der Waals surface area (Å²) in [6, 6.07) is 28.3. The summed E-state index contributed by atoms with van der Waals surface area (Å²) >= 11 is 0. The van der Waals surface area contributed by atoms with Gasteiger partial charge in [0.05, 0.1) is 0 Å². The zero-order chi connectivity index (χ0) is 22.2.